The van der Waals surface area contributed by atoms with Gasteiger partial charge in [0, 0.05) is 13.7 Å². The Bertz CT molecular complexity index is 362. The van der Waals surface area contributed by atoms with Gasteiger partial charge in [0.25, 0.3) is 0 Å². The van der Waals surface area contributed by atoms with E-state index in [1.54, 1.807) is 0 Å². The summed E-state index contributed by atoms with van der Waals surface area (Å²) in [6, 6.07) is 7.98. The largest absolute Gasteiger partial charge is 0.389 e. The van der Waals surface area contributed by atoms with Crippen molar-refractivity contribution in [3.63, 3.8) is 0 Å². The maximum Gasteiger partial charge on any atom is 0.224 e. The molecule has 0 spiro atoms. The lowest BCUT2D eigenvalue weighted by Crippen LogP contribution is -2.35. The van der Waals surface area contributed by atoms with Gasteiger partial charge in [-0.1, -0.05) is 31.2 Å². The number of benzene rings is 1. The average Bonchev–Trinajstić information content (AvgIpc) is 2.38. The minimum absolute atomic E-state index is 0.0885. The lowest BCUT2D eigenvalue weighted by molar-refractivity contribution is -0.121. The van der Waals surface area contributed by atoms with Gasteiger partial charge >= 0.3 is 0 Å². The quantitative estimate of drug-likeness (QED) is 0.757. The van der Waals surface area contributed by atoms with Gasteiger partial charge in [-0.05, 0) is 17.5 Å². The van der Waals surface area contributed by atoms with Gasteiger partial charge in [-0.2, -0.15) is 0 Å². The summed E-state index contributed by atoms with van der Waals surface area (Å²) in [6.07, 6.45) is 0.681. The molecular formula is C14H21NO3. The van der Waals surface area contributed by atoms with E-state index in [0.717, 1.165) is 12.0 Å². The number of hydrogen-bond acceptors (Lipinski definition) is 3. The van der Waals surface area contributed by atoms with Crippen LogP contribution in [0, 0.1) is 0 Å². The highest BCUT2D eigenvalue weighted by molar-refractivity contribution is 5.78. The first-order chi connectivity index (χ1) is 8.65. The predicted molar refractivity (Wildman–Crippen MR) is 70.4 cm³/mol. The summed E-state index contributed by atoms with van der Waals surface area (Å²) in [6.45, 7) is 2.55. The van der Waals surface area contributed by atoms with E-state index in [0.29, 0.717) is 6.42 Å². The molecule has 4 heteroatoms. The first-order valence-electron chi connectivity index (χ1n) is 6.17. The number of amides is 1. The van der Waals surface area contributed by atoms with Crippen molar-refractivity contribution < 1.29 is 14.6 Å². The molecule has 2 N–H and O–H groups in total. The zero-order valence-corrected chi connectivity index (χ0v) is 11.0. The van der Waals surface area contributed by atoms with Gasteiger partial charge in [-0.3, -0.25) is 4.79 Å². The zero-order valence-electron chi connectivity index (χ0n) is 11.0. The summed E-state index contributed by atoms with van der Waals surface area (Å²) < 4.78 is 4.78. The molecule has 0 saturated heterocycles. The van der Waals surface area contributed by atoms with Crippen molar-refractivity contribution in [2.24, 2.45) is 0 Å². The molecule has 0 fully saturated rings. The highest BCUT2D eigenvalue weighted by Gasteiger charge is 2.07. The Morgan fingerprint density at radius 3 is 2.50 bits per heavy atom. The number of hydrogen-bond donors (Lipinski definition) is 2. The number of rotatable bonds is 7. The number of methoxy groups -OCH3 is 1. The monoisotopic (exact) mass is 251 g/mol. The fourth-order valence-corrected chi connectivity index (χ4v) is 1.62. The minimum Gasteiger partial charge on any atom is -0.389 e. The highest BCUT2D eigenvalue weighted by atomic mass is 16.5. The molecule has 0 aliphatic heterocycles. The molecule has 0 radical (unpaired) electrons. The van der Waals surface area contributed by atoms with Crippen LogP contribution in [0.15, 0.2) is 24.3 Å². The topological polar surface area (TPSA) is 58.6 Å². The molecule has 18 heavy (non-hydrogen) atoms. The van der Waals surface area contributed by atoms with Crippen molar-refractivity contribution in [1.82, 2.24) is 5.32 Å². The van der Waals surface area contributed by atoms with E-state index in [9.17, 15) is 9.90 Å². The second-order valence-electron chi connectivity index (χ2n) is 4.26. The van der Waals surface area contributed by atoms with Crippen LogP contribution in [0.4, 0.5) is 0 Å². The SMILES string of the molecule is CCc1ccc(CC(=O)NCC(O)COC)cc1. The molecule has 0 heterocycles. The van der Waals surface area contributed by atoms with E-state index < -0.39 is 6.10 Å². The van der Waals surface area contributed by atoms with Gasteiger partial charge in [0.1, 0.15) is 0 Å². The summed E-state index contributed by atoms with van der Waals surface area (Å²) in [4.78, 5) is 11.6. The van der Waals surface area contributed by atoms with Crippen LogP contribution in [0.3, 0.4) is 0 Å². The number of aryl methyl sites for hydroxylation is 1. The van der Waals surface area contributed by atoms with Crippen LogP contribution in [0.2, 0.25) is 0 Å². The van der Waals surface area contributed by atoms with Crippen LogP contribution in [0.25, 0.3) is 0 Å². The second-order valence-corrected chi connectivity index (χ2v) is 4.26. The van der Waals surface area contributed by atoms with E-state index in [4.69, 9.17) is 4.74 Å². The van der Waals surface area contributed by atoms with Crippen molar-refractivity contribution in [3.05, 3.63) is 35.4 Å². The Morgan fingerprint density at radius 2 is 1.94 bits per heavy atom. The van der Waals surface area contributed by atoms with E-state index in [1.807, 2.05) is 24.3 Å². The van der Waals surface area contributed by atoms with Crippen molar-refractivity contribution >= 4 is 5.91 Å². The van der Waals surface area contributed by atoms with Gasteiger partial charge < -0.3 is 15.2 Å². The number of ether oxygens (including phenoxy) is 1. The first-order valence-corrected chi connectivity index (χ1v) is 6.17. The van der Waals surface area contributed by atoms with Crippen LogP contribution < -0.4 is 5.32 Å². The Morgan fingerprint density at radius 1 is 1.33 bits per heavy atom. The maximum atomic E-state index is 11.6. The van der Waals surface area contributed by atoms with Gasteiger partial charge in [0.05, 0.1) is 19.1 Å². The third kappa shape index (κ3) is 5.29. The van der Waals surface area contributed by atoms with Crippen molar-refractivity contribution in [3.8, 4) is 0 Å². The molecule has 1 atom stereocenters. The summed E-state index contributed by atoms with van der Waals surface area (Å²) >= 11 is 0. The molecule has 1 unspecified atom stereocenters. The number of aliphatic hydroxyl groups is 1. The molecule has 0 saturated carbocycles. The molecule has 1 aromatic rings. The van der Waals surface area contributed by atoms with Crippen LogP contribution in [-0.4, -0.2) is 37.4 Å². The van der Waals surface area contributed by atoms with Crippen LogP contribution in [0.5, 0.6) is 0 Å². The third-order valence-electron chi connectivity index (χ3n) is 2.69. The fourth-order valence-electron chi connectivity index (χ4n) is 1.62. The standard InChI is InChI=1S/C14H21NO3/c1-3-11-4-6-12(7-5-11)8-14(17)15-9-13(16)10-18-2/h4-7,13,16H,3,8-10H2,1-2H3,(H,15,17). The summed E-state index contributed by atoms with van der Waals surface area (Å²) in [5, 5.41) is 12.1. The van der Waals surface area contributed by atoms with E-state index in [-0.39, 0.29) is 19.1 Å². The highest BCUT2D eigenvalue weighted by Crippen LogP contribution is 2.05. The molecule has 0 bridgehead atoms. The van der Waals surface area contributed by atoms with Crippen molar-refractivity contribution in [1.29, 1.82) is 0 Å². The molecule has 0 aliphatic carbocycles. The summed E-state index contributed by atoms with van der Waals surface area (Å²) in [5.74, 6) is -0.0885. The van der Waals surface area contributed by atoms with Gasteiger partial charge in [0.2, 0.25) is 5.91 Å². The Kier molecular flexibility index (Phi) is 6.39. The number of aliphatic hydroxyl groups excluding tert-OH is 1. The first kappa shape index (κ1) is 14.7. The minimum atomic E-state index is -0.651. The van der Waals surface area contributed by atoms with Gasteiger partial charge in [-0.25, -0.2) is 0 Å². The zero-order chi connectivity index (χ0) is 13.4. The molecule has 0 aromatic heterocycles. The van der Waals surface area contributed by atoms with E-state index in [2.05, 4.69) is 12.2 Å². The molecule has 1 amide bonds. The van der Waals surface area contributed by atoms with Crippen molar-refractivity contribution in [2.45, 2.75) is 25.9 Å². The summed E-state index contributed by atoms with van der Waals surface area (Å²) in [7, 11) is 1.51. The number of nitrogens with one attached hydrogen (secondary N) is 1. The molecule has 100 valence electrons. The van der Waals surface area contributed by atoms with Crippen LogP contribution in [0.1, 0.15) is 18.1 Å². The molecular weight excluding hydrogens is 230 g/mol. The molecule has 0 aliphatic rings. The number of carbonyl (C=O) groups is 1. The lowest BCUT2D eigenvalue weighted by Gasteiger charge is -2.10. The van der Waals surface area contributed by atoms with E-state index in [1.165, 1.54) is 12.7 Å². The maximum absolute atomic E-state index is 11.6. The molecule has 4 nitrogen and oxygen atoms in total. The Hall–Kier alpha value is -1.39. The summed E-state index contributed by atoms with van der Waals surface area (Å²) in [5.41, 5.74) is 2.24. The molecule has 1 aromatic carbocycles. The molecule has 1 rings (SSSR count). The van der Waals surface area contributed by atoms with Crippen LogP contribution in [-0.2, 0) is 22.4 Å². The van der Waals surface area contributed by atoms with Crippen molar-refractivity contribution in [2.75, 3.05) is 20.3 Å². The predicted octanol–water partition coefficient (Wildman–Crippen LogP) is 0.915. The lowest BCUT2D eigenvalue weighted by atomic mass is 10.1. The third-order valence-corrected chi connectivity index (χ3v) is 2.69. The van der Waals surface area contributed by atoms with E-state index >= 15 is 0 Å². The van der Waals surface area contributed by atoms with Gasteiger partial charge in [-0.15, -0.1) is 0 Å². The smallest absolute Gasteiger partial charge is 0.224 e. The Balaban J connectivity index is 2.35. The number of carbonyl (C=O) groups excluding carboxylic acids is 1. The van der Waals surface area contributed by atoms with Crippen LogP contribution >= 0.6 is 0 Å². The fraction of sp³-hybridized carbons (Fsp3) is 0.500. The normalized spacial score (nSPS) is 12.2. The average molecular weight is 251 g/mol. The second kappa shape index (κ2) is 7.84. The van der Waals surface area contributed by atoms with Gasteiger partial charge in [0.15, 0.2) is 0 Å². The Labute approximate surface area is 108 Å².